The molecule has 1 unspecified atom stereocenters. The van der Waals surface area contributed by atoms with Gasteiger partial charge in [-0.3, -0.25) is 0 Å². The summed E-state index contributed by atoms with van der Waals surface area (Å²) >= 11 is 1.45. The van der Waals surface area contributed by atoms with E-state index < -0.39 is 6.10 Å². The summed E-state index contributed by atoms with van der Waals surface area (Å²) in [7, 11) is 0. The topological polar surface area (TPSA) is 48.9 Å². The van der Waals surface area contributed by atoms with Crippen LogP contribution in [0.4, 0.5) is 4.39 Å². The SMILES string of the molecule is Cc1cc(C(O)CSc2nc3ccccc3[nH]2)ccc1F. The molecule has 0 bridgehead atoms. The van der Waals surface area contributed by atoms with Gasteiger partial charge in [-0.15, -0.1) is 0 Å². The Labute approximate surface area is 126 Å². The van der Waals surface area contributed by atoms with Crippen molar-refractivity contribution < 1.29 is 9.50 Å². The van der Waals surface area contributed by atoms with Crippen molar-refractivity contribution in [3.63, 3.8) is 0 Å². The average Bonchev–Trinajstić information content (AvgIpc) is 2.90. The van der Waals surface area contributed by atoms with Gasteiger partial charge in [0, 0.05) is 5.75 Å². The summed E-state index contributed by atoms with van der Waals surface area (Å²) in [5.74, 6) is 0.209. The molecule has 1 aromatic heterocycles. The smallest absolute Gasteiger partial charge is 0.166 e. The van der Waals surface area contributed by atoms with Crippen LogP contribution in [0.1, 0.15) is 17.2 Å². The van der Waals surface area contributed by atoms with Crippen LogP contribution < -0.4 is 0 Å². The van der Waals surface area contributed by atoms with Gasteiger partial charge < -0.3 is 10.1 Å². The van der Waals surface area contributed by atoms with Crippen molar-refractivity contribution in [2.45, 2.75) is 18.2 Å². The number of nitrogens with one attached hydrogen (secondary N) is 1. The molecule has 2 aromatic carbocycles. The van der Waals surface area contributed by atoms with E-state index in [0.29, 0.717) is 11.3 Å². The van der Waals surface area contributed by atoms with Gasteiger partial charge in [-0.25, -0.2) is 9.37 Å². The Morgan fingerprint density at radius 1 is 1.29 bits per heavy atom. The molecule has 0 saturated carbocycles. The minimum Gasteiger partial charge on any atom is -0.388 e. The fraction of sp³-hybridized carbons (Fsp3) is 0.188. The lowest BCUT2D eigenvalue weighted by atomic mass is 10.1. The first kappa shape index (κ1) is 14.1. The number of aromatic amines is 1. The minimum absolute atomic E-state index is 0.254. The molecule has 5 heteroatoms. The van der Waals surface area contributed by atoms with E-state index in [0.717, 1.165) is 21.8 Å². The van der Waals surface area contributed by atoms with E-state index in [-0.39, 0.29) is 5.82 Å². The number of hydrogen-bond acceptors (Lipinski definition) is 3. The first-order chi connectivity index (χ1) is 10.1. The molecule has 1 heterocycles. The second-order valence-corrected chi connectivity index (χ2v) is 5.90. The summed E-state index contributed by atoms with van der Waals surface area (Å²) < 4.78 is 13.2. The third kappa shape index (κ3) is 3.09. The number of hydrogen-bond donors (Lipinski definition) is 2. The largest absolute Gasteiger partial charge is 0.388 e. The van der Waals surface area contributed by atoms with Gasteiger partial charge in [0.05, 0.1) is 17.1 Å². The number of aliphatic hydroxyl groups is 1. The van der Waals surface area contributed by atoms with E-state index >= 15 is 0 Å². The Morgan fingerprint density at radius 2 is 2.10 bits per heavy atom. The molecule has 3 aromatic rings. The van der Waals surface area contributed by atoms with Crippen LogP contribution in [0.15, 0.2) is 47.6 Å². The fourth-order valence-electron chi connectivity index (χ4n) is 2.13. The molecular formula is C16H15FN2OS. The number of aromatic nitrogens is 2. The Kier molecular flexibility index (Phi) is 3.94. The quantitative estimate of drug-likeness (QED) is 0.720. The maximum Gasteiger partial charge on any atom is 0.166 e. The van der Waals surface area contributed by atoms with Crippen LogP contribution in [-0.4, -0.2) is 20.8 Å². The number of thioether (sulfide) groups is 1. The lowest BCUT2D eigenvalue weighted by molar-refractivity contribution is 0.204. The predicted octanol–water partition coefficient (Wildman–Crippen LogP) is 3.84. The second-order valence-electron chi connectivity index (χ2n) is 4.89. The Hall–Kier alpha value is -1.85. The summed E-state index contributed by atoms with van der Waals surface area (Å²) in [5, 5.41) is 11.0. The number of fused-ring (bicyclic) bond motifs is 1. The highest BCUT2D eigenvalue weighted by Gasteiger charge is 2.11. The molecule has 1 atom stereocenters. The Bertz CT molecular complexity index is 739. The molecule has 0 aliphatic heterocycles. The highest BCUT2D eigenvalue weighted by molar-refractivity contribution is 7.99. The van der Waals surface area contributed by atoms with Crippen LogP contribution in [0.3, 0.4) is 0 Å². The molecule has 108 valence electrons. The number of aliphatic hydroxyl groups excluding tert-OH is 1. The second kappa shape index (κ2) is 5.87. The van der Waals surface area contributed by atoms with Crippen molar-refractivity contribution in [1.82, 2.24) is 9.97 Å². The van der Waals surface area contributed by atoms with Crippen LogP contribution in [0.5, 0.6) is 0 Å². The van der Waals surface area contributed by atoms with E-state index in [4.69, 9.17) is 0 Å². The number of imidazole rings is 1. The number of H-pyrrole nitrogens is 1. The first-order valence-corrected chi connectivity index (χ1v) is 7.64. The number of nitrogens with zero attached hydrogens (tertiary/aromatic N) is 1. The number of halogens is 1. The third-order valence-electron chi connectivity index (χ3n) is 3.31. The number of aryl methyl sites for hydroxylation is 1. The zero-order valence-electron chi connectivity index (χ0n) is 11.5. The van der Waals surface area contributed by atoms with Crippen molar-refractivity contribution in [2.75, 3.05) is 5.75 Å². The van der Waals surface area contributed by atoms with E-state index in [1.54, 1.807) is 19.1 Å². The van der Waals surface area contributed by atoms with Gasteiger partial charge in [0.1, 0.15) is 5.82 Å². The third-order valence-corrected chi connectivity index (χ3v) is 4.26. The number of rotatable bonds is 4. The Balaban J connectivity index is 1.70. The van der Waals surface area contributed by atoms with Crippen molar-refractivity contribution in [1.29, 1.82) is 0 Å². The van der Waals surface area contributed by atoms with Gasteiger partial charge in [-0.1, -0.05) is 36.0 Å². The molecule has 0 saturated heterocycles. The molecule has 0 amide bonds. The molecule has 2 N–H and O–H groups in total. The van der Waals surface area contributed by atoms with Crippen LogP contribution in [0.25, 0.3) is 11.0 Å². The van der Waals surface area contributed by atoms with Crippen molar-refractivity contribution in [3.8, 4) is 0 Å². The van der Waals surface area contributed by atoms with Gasteiger partial charge in [-0.2, -0.15) is 0 Å². The van der Waals surface area contributed by atoms with Crippen LogP contribution in [0, 0.1) is 12.7 Å². The molecule has 21 heavy (non-hydrogen) atoms. The lowest BCUT2D eigenvalue weighted by Gasteiger charge is -2.10. The number of para-hydroxylation sites is 2. The van der Waals surface area contributed by atoms with Crippen LogP contribution >= 0.6 is 11.8 Å². The van der Waals surface area contributed by atoms with E-state index in [9.17, 15) is 9.50 Å². The number of benzene rings is 2. The van der Waals surface area contributed by atoms with Gasteiger partial charge in [0.15, 0.2) is 5.16 Å². The molecule has 0 aliphatic carbocycles. The normalized spacial score (nSPS) is 12.7. The zero-order chi connectivity index (χ0) is 14.8. The maximum atomic E-state index is 13.2. The molecule has 0 spiro atoms. The summed E-state index contributed by atoms with van der Waals surface area (Å²) in [6.45, 7) is 1.69. The molecule has 3 nitrogen and oxygen atoms in total. The van der Waals surface area contributed by atoms with Crippen molar-refractivity contribution >= 4 is 22.8 Å². The van der Waals surface area contributed by atoms with Crippen LogP contribution in [0.2, 0.25) is 0 Å². The predicted molar refractivity (Wildman–Crippen MR) is 82.9 cm³/mol. The minimum atomic E-state index is -0.650. The molecular weight excluding hydrogens is 287 g/mol. The summed E-state index contributed by atoms with van der Waals surface area (Å²) in [6, 6.07) is 12.5. The zero-order valence-corrected chi connectivity index (χ0v) is 12.3. The monoisotopic (exact) mass is 302 g/mol. The van der Waals surface area contributed by atoms with E-state index in [1.807, 2.05) is 24.3 Å². The van der Waals surface area contributed by atoms with Gasteiger partial charge >= 0.3 is 0 Å². The Morgan fingerprint density at radius 3 is 2.86 bits per heavy atom. The van der Waals surface area contributed by atoms with Crippen molar-refractivity contribution in [2.24, 2.45) is 0 Å². The molecule has 0 aliphatic rings. The fourth-order valence-corrected chi connectivity index (χ4v) is 2.98. The summed E-state index contributed by atoms with van der Waals surface area (Å²) in [5.41, 5.74) is 3.15. The van der Waals surface area contributed by atoms with Crippen molar-refractivity contribution in [3.05, 3.63) is 59.4 Å². The van der Waals surface area contributed by atoms with E-state index in [2.05, 4.69) is 9.97 Å². The highest BCUT2D eigenvalue weighted by atomic mass is 32.2. The van der Waals surface area contributed by atoms with E-state index in [1.165, 1.54) is 17.8 Å². The standard InChI is InChI=1S/C16H15FN2OS/c1-10-8-11(6-7-12(10)17)15(20)9-21-16-18-13-4-2-3-5-14(13)19-16/h2-8,15,20H,9H2,1H3,(H,18,19). The van der Waals surface area contributed by atoms with Gasteiger partial charge in [0.2, 0.25) is 0 Å². The molecule has 0 fully saturated rings. The van der Waals surface area contributed by atoms with Crippen LogP contribution in [-0.2, 0) is 0 Å². The summed E-state index contributed by atoms with van der Waals surface area (Å²) in [6.07, 6.45) is -0.650. The van der Waals surface area contributed by atoms with Gasteiger partial charge in [-0.05, 0) is 36.2 Å². The molecule has 3 rings (SSSR count). The lowest BCUT2D eigenvalue weighted by Crippen LogP contribution is -2.01. The first-order valence-electron chi connectivity index (χ1n) is 6.65. The van der Waals surface area contributed by atoms with Gasteiger partial charge in [0.25, 0.3) is 0 Å². The molecule has 0 radical (unpaired) electrons. The maximum absolute atomic E-state index is 13.2. The highest BCUT2D eigenvalue weighted by Crippen LogP contribution is 2.25. The average molecular weight is 302 g/mol. The summed E-state index contributed by atoms with van der Waals surface area (Å²) in [4.78, 5) is 7.65.